The molecule has 2 aromatic rings. The number of hydrogen-bond acceptors (Lipinski definition) is 5. The lowest BCUT2D eigenvalue weighted by Gasteiger charge is -2.17. The molecule has 0 saturated heterocycles. The quantitative estimate of drug-likeness (QED) is 0.456. The van der Waals surface area contributed by atoms with E-state index in [1.165, 1.54) is 38.1 Å². The predicted octanol–water partition coefficient (Wildman–Crippen LogP) is 2.34. The first kappa shape index (κ1) is 25.0. The standard InChI is InChI=1S/C22H28N4O5S/c1-14(2)13-23-22(29)19-7-5-6-8-20(19)25-21(28)15(3)26-32(30,31)18-11-9-17(10-12-18)24-16(4)27/h5-12,14-15,26H,13H2,1-4H3,(H,23,29)(H,24,27)(H,25,28)/t15-/m0/s1. The third-order valence-electron chi connectivity index (χ3n) is 4.31. The summed E-state index contributed by atoms with van der Waals surface area (Å²) in [5.41, 5.74) is 1.02. The minimum absolute atomic E-state index is 0.0558. The Labute approximate surface area is 188 Å². The van der Waals surface area contributed by atoms with E-state index in [1.807, 2.05) is 13.8 Å². The Hall–Kier alpha value is -3.24. The first-order chi connectivity index (χ1) is 15.0. The molecule has 4 N–H and O–H groups in total. The maximum Gasteiger partial charge on any atom is 0.253 e. The van der Waals surface area contributed by atoms with E-state index in [1.54, 1.807) is 24.3 Å². The zero-order valence-electron chi connectivity index (χ0n) is 18.4. The molecular weight excluding hydrogens is 432 g/mol. The molecule has 0 aliphatic carbocycles. The van der Waals surface area contributed by atoms with E-state index in [4.69, 9.17) is 0 Å². The third-order valence-corrected chi connectivity index (χ3v) is 5.87. The van der Waals surface area contributed by atoms with E-state index in [0.717, 1.165) is 0 Å². The summed E-state index contributed by atoms with van der Waals surface area (Å²) in [6.07, 6.45) is 0. The van der Waals surface area contributed by atoms with Crippen molar-refractivity contribution in [2.24, 2.45) is 5.92 Å². The van der Waals surface area contributed by atoms with E-state index >= 15 is 0 Å². The minimum Gasteiger partial charge on any atom is -0.352 e. The van der Waals surface area contributed by atoms with Crippen molar-refractivity contribution in [2.75, 3.05) is 17.2 Å². The van der Waals surface area contributed by atoms with Gasteiger partial charge in [0.1, 0.15) is 0 Å². The van der Waals surface area contributed by atoms with Crippen LogP contribution in [0.15, 0.2) is 53.4 Å². The molecule has 1 atom stereocenters. The Kier molecular flexibility index (Phi) is 8.50. The van der Waals surface area contributed by atoms with E-state index in [0.29, 0.717) is 12.2 Å². The van der Waals surface area contributed by atoms with Crippen LogP contribution in [0.25, 0.3) is 0 Å². The number of sulfonamides is 1. The number of nitrogens with one attached hydrogen (secondary N) is 4. The van der Waals surface area contributed by atoms with Crippen molar-refractivity contribution in [1.29, 1.82) is 0 Å². The molecule has 0 aliphatic rings. The van der Waals surface area contributed by atoms with Crippen molar-refractivity contribution < 1.29 is 22.8 Å². The maximum atomic E-state index is 12.6. The summed E-state index contributed by atoms with van der Waals surface area (Å²) in [6, 6.07) is 10.9. The van der Waals surface area contributed by atoms with Crippen molar-refractivity contribution in [3.8, 4) is 0 Å². The fourth-order valence-electron chi connectivity index (χ4n) is 2.70. The summed E-state index contributed by atoms with van der Waals surface area (Å²) in [6.45, 7) is 7.17. The molecule has 10 heteroatoms. The molecule has 2 rings (SSSR count). The fourth-order valence-corrected chi connectivity index (χ4v) is 3.90. The van der Waals surface area contributed by atoms with Crippen molar-refractivity contribution in [2.45, 2.75) is 38.6 Å². The number of rotatable bonds is 9. The average molecular weight is 461 g/mol. The number of hydrogen-bond donors (Lipinski definition) is 4. The monoisotopic (exact) mass is 460 g/mol. The number of carbonyl (C=O) groups excluding carboxylic acids is 3. The lowest BCUT2D eigenvalue weighted by molar-refractivity contribution is -0.117. The van der Waals surface area contributed by atoms with Gasteiger partial charge in [0.15, 0.2) is 0 Å². The maximum absolute atomic E-state index is 12.6. The van der Waals surface area contributed by atoms with Crippen LogP contribution < -0.4 is 20.7 Å². The summed E-state index contributed by atoms with van der Waals surface area (Å²) in [7, 11) is -3.99. The summed E-state index contributed by atoms with van der Waals surface area (Å²) >= 11 is 0. The highest BCUT2D eigenvalue weighted by Gasteiger charge is 2.23. The van der Waals surface area contributed by atoms with Crippen LogP contribution >= 0.6 is 0 Å². The Morgan fingerprint density at radius 3 is 2.12 bits per heavy atom. The summed E-state index contributed by atoms with van der Waals surface area (Å²) < 4.78 is 27.5. The zero-order valence-corrected chi connectivity index (χ0v) is 19.2. The van der Waals surface area contributed by atoms with Crippen LogP contribution in [-0.2, 0) is 19.6 Å². The van der Waals surface area contributed by atoms with Crippen LogP contribution in [0.3, 0.4) is 0 Å². The Morgan fingerprint density at radius 2 is 1.53 bits per heavy atom. The zero-order chi connectivity index (χ0) is 23.9. The molecule has 2 aromatic carbocycles. The van der Waals surface area contributed by atoms with Gasteiger partial charge >= 0.3 is 0 Å². The molecule has 32 heavy (non-hydrogen) atoms. The van der Waals surface area contributed by atoms with E-state index in [2.05, 4.69) is 20.7 Å². The number of anilines is 2. The smallest absolute Gasteiger partial charge is 0.253 e. The SMILES string of the molecule is CC(=O)Nc1ccc(S(=O)(=O)N[C@@H](C)C(=O)Nc2ccccc2C(=O)NCC(C)C)cc1. The second kappa shape index (κ2) is 10.9. The molecule has 0 saturated carbocycles. The van der Waals surface area contributed by atoms with Crippen LogP contribution in [0.5, 0.6) is 0 Å². The van der Waals surface area contributed by atoms with Crippen LogP contribution in [0.2, 0.25) is 0 Å². The molecule has 0 aromatic heterocycles. The molecule has 0 bridgehead atoms. The molecule has 172 valence electrons. The first-order valence-corrected chi connectivity index (χ1v) is 11.6. The highest BCUT2D eigenvalue weighted by molar-refractivity contribution is 7.89. The molecule has 9 nitrogen and oxygen atoms in total. The van der Waals surface area contributed by atoms with Gasteiger partial charge < -0.3 is 16.0 Å². The second-order valence-electron chi connectivity index (χ2n) is 7.69. The van der Waals surface area contributed by atoms with Crippen LogP contribution in [0.4, 0.5) is 11.4 Å². The lowest BCUT2D eigenvalue weighted by Crippen LogP contribution is -2.41. The van der Waals surface area contributed by atoms with Gasteiger partial charge in [0.05, 0.1) is 22.2 Å². The van der Waals surface area contributed by atoms with Crippen LogP contribution in [0.1, 0.15) is 38.1 Å². The van der Waals surface area contributed by atoms with Crippen molar-refractivity contribution in [3.05, 3.63) is 54.1 Å². The molecule has 3 amide bonds. The molecule has 0 aliphatic heterocycles. The average Bonchev–Trinajstić information content (AvgIpc) is 2.72. The van der Waals surface area contributed by atoms with Crippen molar-refractivity contribution in [3.63, 3.8) is 0 Å². The number of carbonyl (C=O) groups is 3. The van der Waals surface area contributed by atoms with Gasteiger partial charge in [-0.2, -0.15) is 4.72 Å². The predicted molar refractivity (Wildman–Crippen MR) is 123 cm³/mol. The van der Waals surface area contributed by atoms with Gasteiger partial charge in [0.2, 0.25) is 21.8 Å². The largest absolute Gasteiger partial charge is 0.352 e. The normalized spacial score (nSPS) is 12.2. The molecule has 0 spiro atoms. The Bertz CT molecular complexity index is 1080. The fraction of sp³-hybridized carbons (Fsp3) is 0.318. The van der Waals surface area contributed by atoms with E-state index in [9.17, 15) is 22.8 Å². The number of amides is 3. The van der Waals surface area contributed by atoms with Crippen LogP contribution in [0, 0.1) is 5.92 Å². The van der Waals surface area contributed by atoms with Gasteiger partial charge in [-0.15, -0.1) is 0 Å². The van der Waals surface area contributed by atoms with Crippen molar-refractivity contribution in [1.82, 2.24) is 10.0 Å². The Balaban J connectivity index is 2.08. The molecular formula is C22H28N4O5S. The van der Waals surface area contributed by atoms with Gasteiger partial charge in [-0.05, 0) is 49.2 Å². The summed E-state index contributed by atoms with van der Waals surface area (Å²) in [4.78, 5) is 36.1. The molecule has 0 radical (unpaired) electrons. The lowest BCUT2D eigenvalue weighted by atomic mass is 10.1. The highest BCUT2D eigenvalue weighted by Crippen LogP contribution is 2.17. The van der Waals surface area contributed by atoms with E-state index in [-0.39, 0.29) is 33.9 Å². The first-order valence-electron chi connectivity index (χ1n) is 10.1. The molecule has 0 unspecified atom stereocenters. The highest BCUT2D eigenvalue weighted by atomic mass is 32.2. The van der Waals surface area contributed by atoms with Crippen molar-refractivity contribution >= 4 is 39.1 Å². The topological polar surface area (TPSA) is 133 Å². The van der Waals surface area contributed by atoms with Gasteiger partial charge in [0, 0.05) is 19.2 Å². The Morgan fingerprint density at radius 1 is 0.906 bits per heavy atom. The van der Waals surface area contributed by atoms with E-state index < -0.39 is 22.0 Å². The van der Waals surface area contributed by atoms with Crippen LogP contribution in [-0.4, -0.2) is 38.7 Å². The van der Waals surface area contributed by atoms with Gasteiger partial charge in [-0.3, -0.25) is 14.4 Å². The molecule has 0 heterocycles. The third kappa shape index (κ3) is 7.17. The number of benzene rings is 2. The second-order valence-corrected chi connectivity index (χ2v) is 9.40. The number of para-hydroxylation sites is 1. The summed E-state index contributed by atoms with van der Waals surface area (Å²) in [5, 5.41) is 7.95. The molecule has 0 fully saturated rings. The van der Waals surface area contributed by atoms with Gasteiger partial charge in [-0.25, -0.2) is 8.42 Å². The van der Waals surface area contributed by atoms with Gasteiger partial charge in [-0.1, -0.05) is 26.0 Å². The summed E-state index contributed by atoms with van der Waals surface area (Å²) in [5.74, 6) is -0.959. The van der Waals surface area contributed by atoms with Gasteiger partial charge in [0.25, 0.3) is 5.91 Å². The minimum atomic E-state index is -3.99.